The fourth-order valence-electron chi connectivity index (χ4n) is 3.40. The molecule has 2 aromatic heterocycles. The molecule has 0 radical (unpaired) electrons. The Kier molecular flexibility index (Phi) is 4.64. The van der Waals surface area contributed by atoms with Crippen molar-refractivity contribution < 1.29 is 14.3 Å². The molecule has 27 heavy (non-hydrogen) atoms. The number of nitrogens with zero attached hydrogens (tertiary/aromatic N) is 3. The van der Waals surface area contributed by atoms with Gasteiger partial charge in [0.05, 0.1) is 25.4 Å². The van der Waals surface area contributed by atoms with Gasteiger partial charge in [-0.2, -0.15) is 5.10 Å². The molecule has 0 saturated heterocycles. The van der Waals surface area contributed by atoms with E-state index in [0.717, 1.165) is 16.6 Å². The third kappa shape index (κ3) is 3.31. The lowest BCUT2D eigenvalue weighted by Gasteiger charge is -2.33. The maximum Gasteiger partial charge on any atom is 0.270 e. The van der Waals surface area contributed by atoms with E-state index in [1.165, 1.54) is 0 Å². The summed E-state index contributed by atoms with van der Waals surface area (Å²) < 4.78 is 6.67. The summed E-state index contributed by atoms with van der Waals surface area (Å²) in [6, 6.07) is 10.9. The van der Waals surface area contributed by atoms with Crippen LogP contribution in [0.25, 0.3) is 10.9 Å². The molecule has 8 heteroatoms. The minimum Gasteiger partial charge on any atom is -0.383 e. The molecule has 0 bridgehead atoms. The van der Waals surface area contributed by atoms with Crippen LogP contribution in [0.2, 0.25) is 0 Å². The lowest BCUT2D eigenvalue weighted by molar-refractivity contribution is -0.125. The molecule has 140 valence electrons. The second-order valence-corrected chi connectivity index (χ2v) is 6.52. The van der Waals surface area contributed by atoms with Crippen molar-refractivity contribution in [3.05, 3.63) is 54.0 Å². The minimum absolute atomic E-state index is 0.131. The summed E-state index contributed by atoms with van der Waals surface area (Å²) in [5.74, 6) is -0.306. The number of rotatable bonds is 5. The molecule has 0 aliphatic carbocycles. The van der Waals surface area contributed by atoms with Crippen molar-refractivity contribution in [2.45, 2.75) is 12.6 Å². The van der Waals surface area contributed by atoms with Crippen molar-refractivity contribution in [2.24, 2.45) is 0 Å². The molecular formula is C19H21N5O3. The average molecular weight is 367 g/mol. The third-order valence-corrected chi connectivity index (χ3v) is 4.75. The Hall–Kier alpha value is -3.13. The SMILES string of the molecule is COCCNC(=O)C1CN(C(=O)c2cc3ccccc3[nH]2)Cc2ccnn21. The highest BCUT2D eigenvalue weighted by molar-refractivity contribution is 5.98. The fourth-order valence-corrected chi connectivity index (χ4v) is 3.40. The Bertz CT molecular complexity index is 944. The van der Waals surface area contributed by atoms with Gasteiger partial charge in [-0.25, -0.2) is 0 Å². The number of nitrogens with one attached hydrogen (secondary N) is 2. The molecule has 4 rings (SSSR count). The first-order valence-electron chi connectivity index (χ1n) is 8.83. The monoisotopic (exact) mass is 367 g/mol. The van der Waals surface area contributed by atoms with Crippen LogP contribution in [0.4, 0.5) is 0 Å². The maximum atomic E-state index is 13.0. The van der Waals surface area contributed by atoms with Crippen molar-refractivity contribution in [3.63, 3.8) is 0 Å². The Morgan fingerprint density at radius 2 is 2.19 bits per heavy atom. The smallest absolute Gasteiger partial charge is 0.270 e. The van der Waals surface area contributed by atoms with Gasteiger partial charge in [-0.15, -0.1) is 0 Å². The highest BCUT2D eigenvalue weighted by atomic mass is 16.5. The second-order valence-electron chi connectivity index (χ2n) is 6.52. The summed E-state index contributed by atoms with van der Waals surface area (Å²) in [5.41, 5.74) is 2.26. The number of carbonyl (C=O) groups excluding carboxylic acids is 2. The molecule has 3 heterocycles. The topological polar surface area (TPSA) is 92.2 Å². The number of ether oxygens (including phenoxy) is 1. The molecule has 2 amide bonds. The zero-order valence-electron chi connectivity index (χ0n) is 15.0. The molecule has 1 atom stereocenters. The Balaban J connectivity index is 1.57. The Morgan fingerprint density at radius 3 is 3.00 bits per heavy atom. The first-order chi connectivity index (χ1) is 13.2. The quantitative estimate of drug-likeness (QED) is 0.666. The summed E-state index contributed by atoms with van der Waals surface area (Å²) in [6.45, 7) is 1.53. The number of amides is 2. The molecule has 1 aliphatic heterocycles. The van der Waals surface area contributed by atoms with Crippen molar-refractivity contribution >= 4 is 22.7 Å². The van der Waals surface area contributed by atoms with Crippen LogP contribution in [-0.4, -0.2) is 58.3 Å². The Labute approximate surface area is 156 Å². The largest absolute Gasteiger partial charge is 0.383 e. The van der Waals surface area contributed by atoms with Gasteiger partial charge < -0.3 is 19.9 Å². The van der Waals surface area contributed by atoms with Gasteiger partial charge in [0, 0.05) is 30.8 Å². The van der Waals surface area contributed by atoms with Crippen LogP contribution in [0.1, 0.15) is 22.2 Å². The van der Waals surface area contributed by atoms with Crippen LogP contribution in [0.3, 0.4) is 0 Å². The van der Waals surface area contributed by atoms with Crippen molar-refractivity contribution in [1.29, 1.82) is 0 Å². The second kappa shape index (κ2) is 7.24. The van der Waals surface area contributed by atoms with Crippen molar-refractivity contribution in [3.8, 4) is 0 Å². The predicted octanol–water partition coefficient (Wildman–Crippen LogP) is 1.32. The molecule has 0 fully saturated rings. The number of carbonyl (C=O) groups is 2. The van der Waals surface area contributed by atoms with E-state index in [0.29, 0.717) is 25.4 Å². The minimum atomic E-state index is -0.561. The van der Waals surface area contributed by atoms with E-state index >= 15 is 0 Å². The van der Waals surface area contributed by atoms with E-state index in [1.54, 1.807) is 22.9 Å². The van der Waals surface area contributed by atoms with Gasteiger partial charge in [-0.05, 0) is 18.2 Å². The molecular weight excluding hydrogens is 346 g/mol. The van der Waals surface area contributed by atoms with Crippen molar-refractivity contribution in [1.82, 2.24) is 25.0 Å². The number of hydrogen-bond donors (Lipinski definition) is 2. The van der Waals surface area contributed by atoms with Gasteiger partial charge in [0.25, 0.3) is 5.91 Å². The van der Waals surface area contributed by atoms with Gasteiger partial charge >= 0.3 is 0 Å². The van der Waals surface area contributed by atoms with Crippen LogP contribution in [0, 0.1) is 0 Å². The zero-order chi connectivity index (χ0) is 18.8. The molecule has 1 unspecified atom stereocenters. The van der Waals surface area contributed by atoms with E-state index in [1.807, 2.05) is 36.4 Å². The molecule has 8 nitrogen and oxygen atoms in total. The van der Waals surface area contributed by atoms with E-state index in [2.05, 4.69) is 15.4 Å². The summed E-state index contributed by atoms with van der Waals surface area (Å²) in [4.78, 5) is 30.5. The number of methoxy groups -OCH3 is 1. The van der Waals surface area contributed by atoms with Gasteiger partial charge in [0.15, 0.2) is 0 Å². The highest BCUT2D eigenvalue weighted by Gasteiger charge is 2.33. The zero-order valence-corrected chi connectivity index (χ0v) is 15.0. The maximum absolute atomic E-state index is 13.0. The fraction of sp³-hybridized carbons (Fsp3) is 0.316. The van der Waals surface area contributed by atoms with Crippen LogP contribution in [0.5, 0.6) is 0 Å². The standard InChI is InChI=1S/C19H21N5O3/c1-27-9-8-20-18(25)17-12-23(11-14-6-7-21-24(14)17)19(26)16-10-13-4-2-3-5-15(13)22-16/h2-7,10,17,22H,8-9,11-12H2,1H3,(H,20,25). The molecule has 3 aromatic rings. The van der Waals surface area contributed by atoms with E-state index in [9.17, 15) is 9.59 Å². The molecule has 1 aliphatic rings. The summed E-state index contributed by atoms with van der Waals surface area (Å²) in [5, 5.41) is 8.08. The average Bonchev–Trinajstić information content (AvgIpc) is 3.33. The summed E-state index contributed by atoms with van der Waals surface area (Å²) in [6.07, 6.45) is 1.65. The lowest BCUT2D eigenvalue weighted by Crippen LogP contribution is -2.47. The van der Waals surface area contributed by atoms with Gasteiger partial charge in [-0.1, -0.05) is 18.2 Å². The van der Waals surface area contributed by atoms with Gasteiger partial charge in [0.1, 0.15) is 11.7 Å². The number of aromatic nitrogens is 3. The number of benzene rings is 1. The van der Waals surface area contributed by atoms with Crippen LogP contribution in [-0.2, 0) is 16.1 Å². The van der Waals surface area contributed by atoms with Gasteiger partial charge in [-0.3, -0.25) is 14.3 Å². The number of para-hydroxylation sites is 1. The van der Waals surface area contributed by atoms with E-state index in [4.69, 9.17) is 4.74 Å². The number of aromatic amines is 1. The Morgan fingerprint density at radius 1 is 1.33 bits per heavy atom. The summed E-state index contributed by atoms with van der Waals surface area (Å²) >= 11 is 0. The normalized spacial score (nSPS) is 16.3. The van der Waals surface area contributed by atoms with E-state index in [-0.39, 0.29) is 18.4 Å². The van der Waals surface area contributed by atoms with Gasteiger partial charge in [0.2, 0.25) is 5.91 Å². The summed E-state index contributed by atoms with van der Waals surface area (Å²) in [7, 11) is 1.58. The molecule has 2 N–H and O–H groups in total. The van der Waals surface area contributed by atoms with Crippen LogP contribution in [0.15, 0.2) is 42.6 Å². The molecule has 0 saturated carbocycles. The first-order valence-corrected chi connectivity index (χ1v) is 8.83. The first kappa shape index (κ1) is 17.3. The van der Waals surface area contributed by atoms with E-state index < -0.39 is 6.04 Å². The number of hydrogen-bond acceptors (Lipinski definition) is 4. The number of H-pyrrole nitrogens is 1. The molecule has 1 aromatic carbocycles. The highest BCUT2D eigenvalue weighted by Crippen LogP contribution is 2.23. The predicted molar refractivity (Wildman–Crippen MR) is 99.2 cm³/mol. The number of fused-ring (bicyclic) bond motifs is 2. The van der Waals surface area contributed by atoms with Crippen LogP contribution < -0.4 is 5.32 Å². The third-order valence-electron chi connectivity index (χ3n) is 4.75. The van der Waals surface area contributed by atoms with Crippen molar-refractivity contribution in [2.75, 3.05) is 26.8 Å². The molecule has 0 spiro atoms. The van der Waals surface area contributed by atoms with Crippen LogP contribution >= 0.6 is 0 Å². The lowest BCUT2D eigenvalue weighted by atomic mass is 10.1.